The van der Waals surface area contributed by atoms with Gasteiger partial charge in [-0.25, -0.2) is 0 Å². The quantitative estimate of drug-likeness (QED) is 0.412. The molecule has 0 unspecified atom stereocenters. The molecule has 6 nitrogen and oxygen atoms in total. The first-order valence-electron chi connectivity index (χ1n) is 10.9. The first kappa shape index (κ1) is 21.3. The molecule has 0 radical (unpaired) electrons. The van der Waals surface area contributed by atoms with E-state index in [2.05, 4.69) is 10.3 Å². The van der Waals surface area contributed by atoms with Crippen LogP contribution in [0.4, 0.5) is 0 Å². The molecule has 0 aliphatic heterocycles. The highest BCUT2D eigenvalue weighted by molar-refractivity contribution is 6.31. The summed E-state index contributed by atoms with van der Waals surface area (Å²) >= 11 is 6.25. The molecule has 2 aromatic carbocycles. The van der Waals surface area contributed by atoms with Gasteiger partial charge >= 0.3 is 0 Å². The van der Waals surface area contributed by atoms with E-state index in [1.807, 2.05) is 44.2 Å². The van der Waals surface area contributed by atoms with Gasteiger partial charge in [0.15, 0.2) is 0 Å². The van der Waals surface area contributed by atoms with Crippen molar-refractivity contribution in [3.05, 3.63) is 80.9 Å². The van der Waals surface area contributed by atoms with Gasteiger partial charge in [0, 0.05) is 35.3 Å². The van der Waals surface area contributed by atoms with Crippen LogP contribution in [0.5, 0.6) is 11.5 Å². The molecule has 0 bridgehead atoms. The predicted molar refractivity (Wildman–Crippen MR) is 130 cm³/mol. The van der Waals surface area contributed by atoms with Gasteiger partial charge in [0.2, 0.25) is 0 Å². The van der Waals surface area contributed by atoms with E-state index in [9.17, 15) is 9.59 Å². The minimum absolute atomic E-state index is 0.183. The van der Waals surface area contributed by atoms with Crippen LogP contribution in [0.1, 0.15) is 34.5 Å². The summed E-state index contributed by atoms with van der Waals surface area (Å²) in [6.07, 6.45) is 3.79. The Hall–Kier alpha value is -3.51. The highest BCUT2D eigenvalue weighted by atomic mass is 35.5. The first-order chi connectivity index (χ1) is 15.8. The van der Waals surface area contributed by atoms with Gasteiger partial charge < -0.3 is 19.6 Å². The number of benzene rings is 2. The number of aryl methyl sites for hydroxylation is 3. The summed E-state index contributed by atoms with van der Waals surface area (Å²) in [7, 11) is 1.71. The number of aromatic nitrogens is 2. The molecule has 0 saturated heterocycles. The van der Waals surface area contributed by atoms with E-state index in [1.54, 1.807) is 25.4 Å². The van der Waals surface area contributed by atoms with E-state index in [4.69, 9.17) is 16.3 Å². The maximum absolute atomic E-state index is 12.8. The molecule has 4 aromatic rings. The molecule has 0 spiro atoms. The largest absolute Gasteiger partial charge is 0.457 e. The molecule has 168 valence electrons. The summed E-state index contributed by atoms with van der Waals surface area (Å²) < 4.78 is 7.62. The number of fused-ring (bicyclic) bond motifs is 1. The number of carbonyl (C=O) groups excluding carboxylic acids is 1. The number of nitrogens with zero attached hydrogens (tertiary/aromatic N) is 1. The lowest BCUT2D eigenvalue weighted by Crippen LogP contribution is -2.25. The number of halogens is 1. The van der Waals surface area contributed by atoms with Crippen molar-refractivity contribution < 1.29 is 9.53 Å². The summed E-state index contributed by atoms with van der Waals surface area (Å²) in [5.41, 5.74) is 4.32. The molecule has 0 atom stereocenters. The molecule has 7 heteroatoms. The lowest BCUT2D eigenvalue weighted by atomic mass is 10.0. The average Bonchev–Trinajstić information content (AvgIpc) is 3.46. The SMILES string of the molecule is Cc1cc(Oc2ccc(C)c(Cl)c2)cc(-c2cn(C)c(=O)c3[nH]c(C(=O)NC4CC4)cc23)c1. The fourth-order valence-electron chi connectivity index (χ4n) is 3.91. The van der Waals surface area contributed by atoms with Gasteiger partial charge in [-0.2, -0.15) is 0 Å². The van der Waals surface area contributed by atoms with Crippen molar-refractivity contribution >= 4 is 28.4 Å². The second-order valence-electron chi connectivity index (χ2n) is 8.73. The fraction of sp³-hybridized carbons (Fsp3) is 0.231. The van der Waals surface area contributed by atoms with Crippen LogP contribution in [0.2, 0.25) is 5.02 Å². The van der Waals surface area contributed by atoms with Crippen LogP contribution < -0.4 is 15.6 Å². The van der Waals surface area contributed by atoms with Crippen LogP contribution in [0.3, 0.4) is 0 Å². The lowest BCUT2D eigenvalue weighted by molar-refractivity contribution is 0.0947. The smallest absolute Gasteiger partial charge is 0.274 e. The van der Waals surface area contributed by atoms with Gasteiger partial charge in [0.25, 0.3) is 11.5 Å². The van der Waals surface area contributed by atoms with Gasteiger partial charge in [0.05, 0.1) is 0 Å². The van der Waals surface area contributed by atoms with Gasteiger partial charge in [0.1, 0.15) is 22.7 Å². The molecule has 1 saturated carbocycles. The van der Waals surface area contributed by atoms with E-state index in [0.717, 1.165) is 35.1 Å². The number of amides is 1. The molecule has 2 N–H and O–H groups in total. The second-order valence-corrected chi connectivity index (χ2v) is 9.13. The van der Waals surface area contributed by atoms with Crippen molar-refractivity contribution in [2.75, 3.05) is 0 Å². The second kappa shape index (κ2) is 8.12. The third-order valence-corrected chi connectivity index (χ3v) is 6.27. The summed E-state index contributed by atoms with van der Waals surface area (Å²) in [4.78, 5) is 28.4. The number of ether oxygens (including phenoxy) is 1. The number of aromatic amines is 1. The number of hydrogen-bond donors (Lipinski definition) is 2. The number of carbonyl (C=O) groups is 1. The number of H-pyrrole nitrogens is 1. The molecule has 1 aliphatic rings. The van der Waals surface area contributed by atoms with Crippen LogP contribution in [0.15, 0.2) is 53.5 Å². The summed E-state index contributed by atoms with van der Waals surface area (Å²) in [5.74, 6) is 1.12. The number of nitrogens with one attached hydrogen (secondary N) is 2. The fourth-order valence-corrected chi connectivity index (χ4v) is 4.08. The van der Waals surface area contributed by atoms with Crippen LogP contribution in [-0.4, -0.2) is 21.5 Å². The summed E-state index contributed by atoms with van der Waals surface area (Å²) in [6.45, 7) is 3.93. The molecule has 2 aromatic heterocycles. The summed E-state index contributed by atoms with van der Waals surface area (Å²) in [5, 5.41) is 4.31. The number of pyridine rings is 1. The molecule has 1 fully saturated rings. The van der Waals surface area contributed by atoms with Crippen molar-refractivity contribution in [3.8, 4) is 22.6 Å². The Balaban J connectivity index is 1.58. The standard InChI is InChI=1S/C26H24ClN3O3/c1-14-8-16(10-19(9-14)33-18-7-4-15(2)22(27)11-18)21-13-30(3)26(32)24-20(21)12-23(29-24)25(31)28-17-5-6-17/h4,7-13,17,29H,5-6H2,1-3H3,(H,28,31). The molecule has 5 rings (SSSR count). The van der Waals surface area contributed by atoms with E-state index in [0.29, 0.717) is 33.1 Å². The highest BCUT2D eigenvalue weighted by Crippen LogP contribution is 2.34. The monoisotopic (exact) mass is 461 g/mol. The minimum Gasteiger partial charge on any atom is -0.457 e. The Morgan fingerprint density at radius 2 is 1.91 bits per heavy atom. The van der Waals surface area contributed by atoms with E-state index in [-0.39, 0.29) is 17.5 Å². The van der Waals surface area contributed by atoms with Crippen LogP contribution in [0, 0.1) is 13.8 Å². The molecule has 1 aliphatic carbocycles. The normalized spacial score (nSPS) is 13.3. The van der Waals surface area contributed by atoms with Crippen LogP contribution >= 0.6 is 11.6 Å². The van der Waals surface area contributed by atoms with Crippen LogP contribution in [0.25, 0.3) is 22.0 Å². The zero-order valence-corrected chi connectivity index (χ0v) is 19.4. The molecule has 33 heavy (non-hydrogen) atoms. The van der Waals surface area contributed by atoms with E-state index in [1.165, 1.54) is 4.57 Å². The molecular weight excluding hydrogens is 438 g/mol. The Kier molecular flexibility index (Phi) is 5.25. The van der Waals surface area contributed by atoms with Crippen molar-refractivity contribution in [1.29, 1.82) is 0 Å². The van der Waals surface area contributed by atoms with Crippen molar-refractivity contribution in [1.82, 2.24) is 14.9 Å². The Labute approximate surface area is 196 Å². The van der Waals surface area contributed by atoms with Crippen molar-refractivity contribution in [3.63, 3.8) is 0 Å². The number of rotatable bonds is 5. The Bertz CT molecular complexity index is 1460. The minimum atomic E-state index is -0.189. The zero-order valence-electron chi connectivity index (χ0n) is 18.7. The van der Waals surface area contributed by atoms with Crippen molar-refractivity contribution in [2.24, 2.45) is 7.05 Å². The summed E-state index contributed by atoms with van der Waals surface area (Å²) in [6, 6.07) is 13.5. The molecule has 1 amide bonds. The van der Waals surface area contributed by atoms with E-state index < -0.39 is 0 Å². The topological polar surface area (TPSA) is 76.1 Å². The average molecular weight is 462 g/mol. The van der Waals surface area contributed by atoms with Gasteiger partial charge in [-0.05, 0) is 73.7 Å². The predicted octanol–water partition coefficient (Wildman–Crippen LogP) is 5.49. The van der Waals surface area contributed by atoms with Gasteiger partial charge in [-0.3, -0.25) is 9.59 Å². The van der Waals surface area contributed by atoms with Gasteiger partial charge in [-0.1, -0.05) is 23.7 Å². The maximum Gasteiger partial charge on any atom is 0.274 e. The zero-order chi connectivity index (χ0) is 23.3. The highest BCUT2D eigenvalue weighted by Gasteiger charge is 2.25. The van der Waals surface area contributed by atoms with Crippen molar-refractivity contribution in [2.45, 2.75) is 32.7 Å². The lowest BCUT2D eigenvalue weighted by Gasteiger charge is -2.12. The third-order valence-electron chi connectivity index (χ3n) is 5.86. The Morgan fingerprint density at radius 3 is 2.64 bits per heavy atom. The van der Waals surface area contributed by atoms with E-state index >= 15 is 0 Å². The maximum atomic E-state index is 12.8. The molecule has 2 heterocycles. The van der Waals surface area contributed by atoms with Gasteiger partial charge in [-0.15, -0.1) is 0 Å². The first-order valence-corrected chi connectivity index (χ1v) is 11.3. The van der Waals surface area contributed by atoms with Crippen LogP contribution in [-0.2, 0) is 7.05 Å². The Morgan fingerprint density at radius 1 is 1.12 bits per heavy atom. The third kappa shape index (κ3) is 4.26. The number of hydrogen-bond acceptors (Lipinski definition) is 3. The molecular formula is C26H24ClN3O3.